The zero-order valence-electron chi connectivity index (χ0n) is 14.5. The maximum Gasteiger partial charge on any atom is 0.149 e. The highest BCUT2D eigenvalue weighted by atomic mass is 35.5. The molecule has 3 rings (SSSR count). The number of hydrogen-bond donors (Lipinski definition) is 2. The molecule has 27 heavy (non-hydrogen) atoms. The van der Waals surface area contributed by atoms with E-state index >= 15 is 0 Å². The monoisotopic (exact) mass is 406 g/mol. The van der Waals surface area contributed by atoms with Crippen molar-refractivity contribution < 1.29 is 4.39 Å². The van der Waals surface area contributed by atoms with Gasteiger partial charge in [-0.25, -0.2) is 14.4 Å². The second-order valence-electron chi connectivity index (χ2n) is 5.94. The van der Waals surface area contributed by atoms with E-state index < -0.39 is 5.82 Å². The van der Waals surface area contributed by atoms with Crippen molar-refractivity contribution in [3.05, 3.63) is 52.5 Å². The van der Waals surface area contributed by atoms with Crippen molar-refractivity contribution in [2.24, 2.45) is 16.7 Å². The first-order valence-corrected chi connectivity index (χ1v) is 8.80. The molecule has 2 aromatic carbocycles. The zero-order chi connectivity index (χ0) is 19.6. The van der Waals surface area contributed by atoms with Gasteiger partial charge in [-0.3, -0.25) is 0 Å². The number of fused-ring (bicyclic) bond motifs is 1. The maximum absolute atomic E-state index is 14.4. The summed E-state index contributed by atoms with van der Waals surface area (Å²) in [6.07, 6.45) is 1.77. The summed E-state index contributed by atoms with van der Waals surface area (Å²) in [5, 5.41) is 4.88. The van der Waals surface area contributed by atoms with Crippen LogP contribution in [0.15, 0.2) is 41.8 Å². The van der Waals surface area contributed by atoms with Gasteiger partial charge in [0.05, 0.1) is 15.4 Å². The number of hydrazone groups is 1. The lowest BCUT2D eigenvalue weighted by atomic mass is 10.00. The van der Waals surface area contributed by atoms with Crippen LogP contribution in [-0.4, -0.2) is 29.4 Å². The second-order valence-corrected chi connectivity index (χ2v) is 6.75. The molecule has 0 fully saturated rings. The fourth-order valence-corrected chi connectivity index (χ4v) is 3.07. The average molecular weight is 407 g/mol. The number of halogens is 3. The molecule has 1 heterocycles. The van der Waals surface area contributed by atoms with Gasteiger partial charge in [0.15, 0.2) is 0 Å². The molecule has 0 atom stereocenters. The number of aromatic nitrogens is 2. The van der Waals surface area contributed by atoms with E-state index in [1.165, 1.54) is 12.4 Å². The van der Waals surface area contributed by atoms with Crippen molar-refractivity contribution in [2.45, 2.75) is 6.42 Å². The molecule has 0 radical (unpaired) electrons. The number of rotatable bonds is 5. The van der Waals surface area contributed by atoms with E-state index in [1.54, 1.807) is 18.2 Å². The standard InChI is InChI=1S/C18H17Cl2FN6/c1-27(7-6-15(22)26-23)18-16-11(10-2-4-12(19)13(20)8-10)3-5-14(21)17(16)24-9-25-18/h2-5,8-9H,6-7,23H2,1H3,(H2,22,26). The Bertz CT molecular complexity index is 1020. The summed E-state index contributed by atoms with van der Waals surface area (Å²) in [7, 11) is 1.83. The van der Waals surface area contributed by atoms with Gasteiger partial charge in [-0.2, -0.15) is 5.10 Å². The van der Waals surface area contributed by atoms with E-state index in [0.717, 1.165) is 11.1 Å². The van der Waals surface area contributed by atoms with Gasteiger partial charge in [0.25, 0.3) is 0 Å². The van der Waals surface area contributed by atoms with Gasteiger partial charge in [0, 0.05) is 20.0 Å². The predicted octanol–water partition coefficient (Wildman–Crippen LogP) is 3.80. The topological polar surface area (TPSA) is 93.4 Å². The third-order valence-corrected chi connectivity index (χ3v) is 4.92. The fourth-order valence-electron chi connectivity index (χ4n) is 2.77. The largest absolute Gasteiger partial charge is 0.386 e. The van der Waals surface area contributed by atoms with E-state index in [0.29, 0.717) is 40.1 Å². The lowest BCUT2D eigenvalue weighted by molar-refractivity contribution is 0.636. The first-order chi connectivity index (χ1) is 12.9. The quantitative estimate of drug-likeness (QED) is 0.291. The van der Waals surface area contributed by atoms with Crippen molar-refractivity contribution in [3.63, 3.8) is 0 Å². The van der Waals surface area contributed by atoms with Gasteiger partial charge >= 0.3 is 0 Å². The molecule has 1 aromatic heterocycles. The Morgan fingerprint density at radius 2 is 1.96 bits per heavy atom. The summed E-state index contributed by atoms with van der Waals surface area (Å²) in [6.45, 7) is 0.496. The molecule has 0 amide bonds. The lowest BCUT2D eigenvalue weighted by Crippen LogP contribution is -2.26. The molecule has 0 unspecified atom stereocenters. The maximum atomic E-state index is 14.4. The number of amidine groups is 1. The fraction of sp³-hybridized carbons (Fsp3) is 0.167. The van der Waals surface area contributed by atoms with Crippen LogP contribution in [0, 0.1) is 5.82 Å². The van der Waals surface area contributed by atoms with Crippen molar-refractivity contribution in [3.8, 4) is 11.1 Å². The van der Waals surface area contributed by atoms with Gasteiger partial charge in [-0.1, -0.05) is 35.3 Å². The number of benzene rings is 2. The van der Waals surface area contributed by atoms with Gasteiger partial charge in [-0.15, -0.1) is 0 Å². The summed E-state index contributed by atoms with van der Waals surface area (Å²) >= 11 is 12.2. The number of hydrogen-bond acceptors (Lipinski definition) is 5. The van der Waals surface area contributed by atoms with E-state index in [2.05, 4.69) is 15.1 Å². The van der Waals surface area contributed by atoms with E-state index in [9.17, 15) is 4.39 Å². The highest BCUT2D eigenvalue weighted by Gasteiger charge is 2.17. The number of nitrogens with zero attached hydrogens (tertiary/aromatic N) is 4. The van der Waals surface area contributed by atoms with Gasteiger partial charge in [0.2, 0.25) is 0 Å². The third kappa shape index (κ3) is 3.89. The van der Waals surface area contributed by atoms with Crippen molar-refractivity contribution in [1.29, 1.82) is 0 Å². The van der Waals surface area contributed by atoms with Crippen LogP contribution in [0.3, 0.4) is 0 Å². The van der Waals surface area contributed by atoms with Crippen LogP contribution in [-0.2, 0) is 0 Å². The molecular formula is C18H17Cl2FN6. The van der Waals surface area contributed by atoms with Crippen LogP contribution >= 0.6 is 23.2 Å². The minimum Gasteiger partial charge on any atom is -0.386 e. The average Bonchev–Trinajstić information content (AvgIpc) is 2.68. The Balaban J connectivity index is 2.17. The molecule has 0 aliphatic rings. The summed E-state index contributed by atoms with van der Waals surface area (Å²) in [6, 6.07) is 8.28. The Hall–Kier alpha value is -2.64. The van der Waals surface area contributed by atoms with E-state index in [1.807, 2.05) is 18.0 Å². The molecule has 4 N–H and O–H groups in total. The Morgan fingerprint density at radius 1 is 1.19 bits per heavy atom. The summed E-state index contributed by atoms with van der Waals surface area (Å²) < 4.78 is 14.4. The van der Waals surface area contributed by atoms with Crippen molar-refractivity contribution >= 4 is 45.8 Å². The third-order valence-electron chi connectivity index (χ3n) is 4.18. The zero-order valence-corrected chi connectivity index (χ0v) is 16.0. The predicted molar refractivity (Wildman–Crippen MR) is 109 cm³/mol. The van der Waals surface area contributed by atoms with Crippen LogP contribution < -0.4 is 16.5 Å². The van der Waals surface area contributed by atoms with E-state index in [-0.39, 0.29) is 5.52 Å². The highest BCUT2D eigenvalue weighted by Crippen LogP contribution is 2.36. The molecule has 0 aliphatic heterocycles. The lowest BCUT2D eigenvalue weighted by Gasteiger charge is -2.21. The summed E-state index contributed by atoms with van der Waals surface area (Å²) in [5.74, 6) is 5.62. The summed E-state index contributed by atoms with van der Waals surface area (Å²) in [5.41, 5.74) is 7.41. The van der Waals surface area contributed by atoms with Crippen molar-refractivity contribution in [2.75, 3.05) is 18.5 Å². The Kier molecular flexibility index (Phi) is 5.62. The van der Waals surface area contributed by atoms with Crippen LogP contribution in [0.2, 0.25) is 10.0 Å². The first-order valence-electron chi connectivity index (χ1n) is 8.04. The molecule has 9 heteroatoms. The number of anilines is 1. The van der Waals surface area contributed by atoms with Gasteiger partial charge < -0.3 is 16.5 Å². The molecule has 0 spiro atoms. The van der Waals surface area contributed by atoms with Crippen molar-refractivity contribution in [1.82, 2.24) is 9.97 Å². The SMILES string of the molecule is CN(CC/C(N)=N/N)c1ncnc2c(F)ccc(-c3ccc(Cl)c(Cl)c3)c12. The molecule has 0 aliphatic carbocycles. The van der Waals surface area contributed by atoms with Crippen LogP contribution in [0.25, 0.3) is 22.0 Å². The normalized spacial score (nSPS) is 11.8. The van der Waals surface area contributed by atoms with E-state index in [4.69, 9.17) is 34.8 Å². The Labute approximate surface area is 165 Å². The number of nitrogens with two attached hydrogens (primary N) is 2. The molecule has 0 bridgehead atoms. The summed E-state index contributed by atoms with van der Waals surface area (Å²) in [4.78, 5) is 10.3. The van der Waals surface area contributed by atoms with Crippen LogP contribution in [0.1, 0.15) is 6.42 Å². The van der Waals surface area contributed by atoms with Gasteiger partial charge in [-0.05, 0) is 29.3 Å². The Morgan fingerprint density at radius 3 is 2.67 bits per heavy atom. The molecule has 6 nitrogen and oxygen atoms in total. The van der Waals surface area contributed by atoms with Gasteiger partial charge in [0.1, 0.15) is 29.3 Å². The minimum absolute atomic E-state index is 0.218. The molecule has 3 aromatic rings. The van der Waals surface area contributed by atoms with Crippen LogP contribution in [0.4, 0.5) is 10.2 Å². The molecular weight excluding hydrogens is 390 g/mol. The molecule has 0 saturated carbocycles. The van der Waals surface area contributed by atoms with Crippen LogP contribution in [0.5, 0.6) is 0 Å². The highest BCUT2D eigenvalue weighted by molar-refractivity contribution is 6.42. The minimum atomic E-state index is -0.436. The second kappa shape index (κ2) is 7.94. The smallest absolute Gasteiger partial charge is 0.149 e. The first kappa shape index (κ1) is 19.1. The molecule has 0 saturated heterocycles. The molecule has 140 valence electrons.